The van der Waals surface area contributed by atoms with Crippen LogP contribution in [0.2, 0.25) is 0 Å². The molecule has 1 aromatic rings. The lowest BCUT2D eigenvalue weighted by molar-refractivity contribution is 0.136. The number of benzene rings is 1. The average Bonchev–Trinajstić information content (AvgIpc) is 2.36. The second-order valence-corrected chi connectivity index (χ2v) is 5.89. The van der Waals surface area contributed by atoms with E-state index in [-0.39, 0.29) is 6.04 Å². The molecule has 0 radical (unpaired) electrons. The zero-order valence-electron chi connectivity index (χ0n) is 13.0. The van der Waals surface area contributed by atoms with E-state index in [0.717, 1.165) is 22.4 Å². The molecule has 0 fully saturated rings. The topological polar surface area (TPSA) is 81.5 Å². The van der Waals surface area contributed by atoms with Crippen LogP contribution < -0.4 is 16.2 Å². The molecule has 4 nitrogen and oxygen atoms in total. The Hall–Kier alpha value is -1.10. The van der Waals surface area contributed by atoms with Gasteiger partial charge in [-0.25, -0.2) is 0 Å². The van der Waals surface area contributed by atoms with Crippen molar-refractivity contribution in [1.82, 2.24) is 0 Å². The van der Waals surface area contributed by atoms with Crippen LogP contribution >= 0.6 is 0 Å². The molecule has 5 N–H and O–H groups in total. The molecule has 0 aliphatic heterocycles. The fourth-order valence-corrected chi connectivity index (χ4v) is 2.24. The van der Waals surface area contributed by atoms with Gasteiger partial charge in [0, 0.05) is 11.6 Å². The van der Waals surface area contributed by atoms with Crippen LogP contribution in [0.15, 0.2) is 12.1 Å². The van der Waals surface area contributed by atoms with Gasteiger partial charge in [0.1, 0.15) is 5.75 Å². The fourth-order valence-electron chi connectivity index (χ4n) is 2.24. The van der Waals surface area contributed by atoms with E-state index in [0.29, 0.717) is 25.5 Å². The van der Waals surface area contributed by atoms with Crippen LogP contribution in [0.25, 0.3) is 0 Å². The molecule has 0 bridgehead atoms. The van der Waals surface area contributed by atoms with Gasteiger partial charge >= 0.3 is 0 Å². The van der Waals surface area contributed by atoms with Crippen LogP contribution in [0, 0.1) is 19.8 Å². The maximum atomic E-state index is 10.5. The molecule has 2 unspecified atom stereocenters. The standard InChI is InChI=1S/C16H28N2O2/c1-10(2)9-20-16-12(4)7-11(3)8-13(16)15(19)14(18)5-6-17/h7-8,10,14-15,19H,5-6,9,17-18H2,1-4H3. The summed E-state index contributed by atoms with van der Waals surface area (Å²) in [4.78, 5) is 0. The third kappa shape index (κ3) is 4.47. The molecule has 0 aliphatic carbocycles. The highest BCUT2D eigenvalue weighted by atomic mass is 16.5. The number of aliphatic hydroxyl groups is 1. The second kappa shape index (κ2) is 7.62. The Balaban J connectivity index is 3.08. The van der Waals surface area contributed by atoms with Crippen molar-refractivity contribution < 1.29 is 9.84 Å². The quantitative estimate of drug-likeness (QED) is 0.714. The summed E-state index contributed by atoms with van der Waals surface area (Å²) in [5, 5.41) is 10.5. The summed E-state index contributed by atoms with van der Waals surface area (Å²) in [7, 11) is 0. The molecule has 20 heavy (non-hydrogen) atoms. The van der Waals surface area contributed by atoms with Crippen molar-refractivity contribution in [3.8, 4) is 5.75 Å². The number of aryl methyl sites for hydroxylation is 2. The lowest BCUT2D eigenvalue weighted by Crippen LogP contribution is -2.31. The number of aliphatic hydroxyl groups excluding tert-OH is 1. The van der Waals surface area contributed by atoms with Crippen molar-refractivity contribution in [2.24, 2.45) is 17.4 Å². The Bertz CT molecular complexity index is 433. The molecular weight excluding hydrogens is 252 g/mol. The predicted molar refractivity (Wildman–Crippen MR) is 82.9 cm³/mol. The van der Waals surface area contributed by atoms with Crippen molar-refractivity contribution in [1.29, 1.82) is 0 Å². The first-order chi connectivity index (χ1) is 9.36. The fraction of sp³-hybridized carbons (Fsp3) is 0.625. The number of ether oxygens (including phenoxy) is 1. The second-order valence-electron chi connectivity index (χ2n) is 5.89. The zero-order chi connectivity index (χ0) is 15.3. The zero-order valence-corrected chi connectivity index (χ0v) is 13.0. The summed E-state index contributed by atoms with van der Waals surface area (Å²) < 4.78 is 5.89. The highest BCUT2D eigenvalue weighted by Crippen LogP contribution is 2.32. The van der Waals surface area contributed by atoms with E-state index in [2.05, 4.69) is 19.9 Å². The van der Waals surface area contributed by atoms with E-state index in [4.69, 9.17) is 16.2 Å². The third-order valence-corrected chi connectivity index (χ3v) is 3.23. The summed E-state index contributed by atoms with van der Waals surface area (Å²) in [5.41, 5.74) is 14.4. The lowest BCUT2D eigenvalue weighted by atomic mass is 9.95. The molecule has 4 heteroatoms. The third-order valence-electron chi connectivity index (χ3n) is 3.23. The van der Waals surface area contributed by atoms with Gasteiger partial charge in [0.05, 0.1) is 12.7 Å². The summed E-state index contributed by atoms with van der Waals surface area (Å²) >= 11 is 0. The number of nitrogens with two attached hydrogens (primary N) is 2. The van der Waals surface area contributed by atoms with E-state index in [1.165, 1.54) is 0 Å². The Labute approximate surface area is 122 Å². The maximum absolute atomic E-state index is 10.5. The van der Waals surface area contributed by atoms with Crippen LogP contribution in [0.4, 0.5) is 0 Å². The molecule has 0 amide bonds. The van der Waals surface area contributed by atoms with Crippen LogP contribution in [0.1, 0.15) is 43.1 Å². The van der Waals surface area contributed by atoms with Gasteiger partial charge in [0.2, 0.25) is 0 Å². The molecule has 0 heterocycles. The maximum Gasteiger partial charge on any atom is 0.128 e. The molecular formula is C16H28N2O2. The first kappa shape index (κ1) is 17.0. The molecule has 0 spiro atoms. The van der Waals surface area contributed by atoms with Gasteiger partial charge in [0.15, 0.2) is 0 Å². The van der Waals surface area contributed by atoms with E-state index in [1.807, 2.05) is 19.9 Å². The summed E-state index contributed by atoms with van der Waals surface area (Å²) in [6.07, 6.45) is -0.170. The van der Waals surface area contributed by atoms with Crippen molar-refractivity contribution in [3.05, 3.63) is 28.8 Å². The molecule has 2 atom stereocenters. The van der Waals surface area contributed by atoms with Gasteiger partial charge in [-0.1, -0.05) is 25.5 Å². The van der Waals surface area contributed by atoms with E-state index in [1.54, 1.807) is 0 Å². The van der Waals surface area contributed by atoms with Crippen molar-refractivity contribution in [2.45, 2.75) is 46.3 Å². The molecule has 0 saturated heterocycles. The van der Waals surface area contributed by atoms with Gasteiger partial charge in [-0.15, -0.1) is 0 Å². The van der Waals surface area contributed by atoms with Gasteiger partial charge < -0.3 is 21.3 Å². The highest BCUT2D eigenvalue weighted by molar-refractivity contribution is 5.45. The van der Waals surface area contributed by atoms with Gasteiger partial charge in [-0.05, 0) is 44.4 Å². The van der Waals surface area contributed by atoms with Crippen LogP contribution in [0.5, 0.6) is 5.75 Å². The SMILES string of the molecule is Cc1cc(C)c(OCC(C)C)c(C(O)C(N)CCN)c1. The summed E-state index contributed by atoms with van der Waals surface area (Å²) in [6, 6.07) is 3.63. The minimum atomic E-state index is -0.751. The Morgan fingerprint density at radius 2 is 1.90 bits per heavy atom. The molecule has 1 aromatic carbocycles. The van der Waals surface area contributed by atoms with E-state index in [9.17, 15) is 5.11 Å². The van der Waals surface area contributed by atoms with Gasteiger partial charge in [0.25, 0.3) is 0 Å². The Morgan fingerprint density at radius 1 is 1.25 bits per heavy atom. The van der Waals surface area contributed by atoms with Crippen molar-refractivity contribution >= 4 is 0 Å². The number of hydrogen-bond acceptors (Lipinski definition) is 4. The van der Waals surface area contributed by atoms with Gasteiger partial charge in [-0.2, -0.15) is 0 Å². The van der Waals surface area contributed by atoms with Crippen LogP contribution in [-0.4, -0.2) is 24.3 Å². The molecule has 0 aromatic heterocycles. The smallest absolute Gasteiger partial charge is 0.128 e. The van der Waals surface area contributed by atoms with E-state index >= 15 is 0 Å². The summed E-state index contributed by atoms with van der Waals surface area (Å²) in [6.45, 7) is 9.28. The number of rotatable bonds is 7. The Kier molecular flexibility index (Phi) is 6.46. The molecule has 0 aliphatic rings. The Morgan fingerprint density at radius 3 is 2.45 bits per heavy atom. The molecule has 0 saturated carbocycles. The predicted octanol–water partition coefficient (Wildman–Crippen LogP) is 2.05. The molecule has 1 rings (SSSR count). The minimum Gasteiger partial charge on any atom is -0.493 e. The first-order valence-corrected chi connectivity index (χ1v) is 7.24. The largest absolute Gasteiger partial charge is 0.493 e. The van der Waals surface area contributed by atoms with Gasteiger partial charge in [-0.3, -0.25) is 0 Å². The average molecular weight is 280 g/mol. The number of hydrogen-bond donors (Lipinski definition) is 3. The normalized spacial score (nSPS) is 14.4. The van der Waals surface area contributed by atoms with Crippen LogP contribution in [-0.2, 0) is 0 Å². The minimum absolute atomic E-state index is 0.373. The first-order valence-electron chi connectivity index (χ1n) is 7.24. The van der Waals surface area contributed by atoms with Crippen molar-refractivity contribution in [3.63, 3.8) is 0 Å². The highest BCUT2D eigenvalue weighted by Gasteiger charge is 2.22. The van der Waals surface area contributed by atoms with Crippen molar-refractivity contribution in [2.75, 3.05) is 13.2 Å². The lowest BCUT2D eigenvalue weighted by Gasteiger charge is -2.23. The monoisotopic (exact) mass is 280 g/mol. The van der Waals surface area contributed by atoms with E-state index < -0.39 is 6.10 Å². The summed E-state index contributed by atoms with van der Waals surface area (Å²) in [5.74, 6) is 1.18. The molecule has 114 valence electrons. The van der Waals surface area contributed by atoms with Crippen LogP contribution in [0.3, 0.4) is 0 Å².